The summed E-state index contributed by atoms with van der Waals surface area (Å²) in [7, 11) is 0. The Morgan fingerprint density at radius 2 is 2.08 bits per heavy atom. The van der Waals surface area contributed by atoms with Gasteiger partial charge in [0.2, 0.25) is 0 Å². The number of piperidine rings is 1. The van der Waals surface area contributed by atoms with E-state index in [4.69, 9.17) is 10.2 Å². The van der Waals surface area contributed by atoms with E-state index < -0.39 is 18.0 Å². The number of carboxylic acids is 2. The average molecular weight is 187 g/mol. The van der Waals surface area contributed by atoms with Crippen LogP contribution in [0.3, 0.4) is 0 Å². The Bertz CT molecular complexity index is 216. The van der Waals surface area contributed by atoms with Crippen LogP contribution < -0.4 is 5.32 Å². The molecule has 1 fully saturated rings. The maximum absolute atomic E-state index is 10.6. The first-order valence-corrected chi connectivity index (χ1v) is 4.27. The molecule has 0 saturated carbocycles. The van der Waals surface area contributed by atoms with Crippen molar-refractivity contribution < 1.29 is 19.8 Å². The monoisotopic (exact) mass is 187 g/mol. The lowest BCUT2D eigenvalue weighted by Gasteiger charge is -2.26. The van der Waals surface area contributed by atoms with E-state index in [1.165, 1.54) is 0 Å². The molecule has 13 heavy (non-hydrogen) atoms. The molecule has 0 spiro atoms. The summed E-state index contributed by atoms with van der Waals surface area (Å²) in [6.45, 7) is 0.592. The number of carbonyl (C=O) groups is 2. The molecule has 2 atom stereocenters. The molecule has 0 aliphatic carbocycles. The summed E-state index contributed by atoms with van der Waals surface area (Å²) < 4.78 is 0. The SMILES string of the molecule is O=C(O)C[C@H]1CCN[C@H](C(=O)O)C1. The molecule has 3 N–H and O–H groups in total. The van der Waals surface area contributed by atoms with Crippen LogP contribution in [0.15, 0.2) is 0 Å². The van der Waals surface area contributed by atoms with E-state index >= 15 is 0 Å². The Morgan fingerprint density at radius 1 is 1.38 bits per heavy atom. The van der Waals surface area contributed by atoms with Crippen LogP contribution in [0.25, 0.3) is 0 Å². The largest absolute Gasteiger partial charge is 0.481 e. The minimum atomic E-state index is -0.893. The molecule has 1 heterocycles. The maximum atomic E-state index is 10.6. The van der Waals surface area contributed by atoms with Crippen molar-refractivity contribution in [3.8, 4) is 0 Å². The quantitative estimate of drug-likeness (QED) is 0.575. The lowest BCUT2D eigenvalue weighted by molar-refractivity contribution is -0.143. The van der Waals surface area contributed by atoms with Gasteiger partial charge < -0.3 is 15.5 Å². The molecule has 1 saturated heterocycles. The van der Waals surface area contributed by atoms with E-state index in [1.54, 1.807) is 0 Å². The highest BCUT2D eigenvalue weighted by Gasteiger charge is 2.27. The van der Waals surface area contributed by atoms with Gasteiger partial charge in [-0.2, -0.15) is 0 Å². The Hall–Kier alpha value is -1.10. The first-order chi connectivity index (χ1) is 6.09. The van der Waals surface area contributed by atoms with Gasteiger partial charge in [0, 0.05) is 6.42 Å². The fourth-order valence-corrected chi connectivity index (χ4v) is 1.62. The number of rotatable bonds is 3. The molecule has 74 valence electrons. The summed E-state index contributed by atoms with van der Waals surface area (Å²) in [5, 5.41) is 20.0. The van der Waals surface area contributed by atoms with Crippen LogP contribution >= 0.6 is 0 Å². The Morgan fingerprint density at radius 3 is 2.62 bits per heavy atom. The first kappa shape index (κ1) is 9.98. The lowest BCUT2D eigenvalue weighted by atomic mass is 9.90. The molecular formula is C8H13NO4. The normalized spacial score (nSPS) is 28.3. The van der Waals surface area contributed by atoms with Crippen molar-refractivity contribution in [3.63, 3.8) is 0 Å². The van der Waals surface area contributed by atoms with Gasteiger partial charge in [0.15, 0.2) is 0 Å². The molecule has 0 radical (unpaired) electrons. The van der Waals surface area contributed by atoms with E-state index in [2.05, 4.69) is 5.32 Å². The van der Waals surface area contributed by atoms with E-state index in [0.717, 1.165) is 6.42 Å². The molecule has 0 aromatic heterocycles. The molecule has 1 aliphatic heterocycles. The number of nitrogens with one attached hydrogen (secondary N) is 1. The third-order valence-corrected chi connectivity index (χ3v) is 2.27. The van der Waals surface area contributed by atoms with Crippen molar-refractivity contribution >= 4 is 11.9 Å². The Balaban J connectivity index is 2.41. The van der Waals surface area contributed by atoms with Crippen molar-refractivity contribution in [2.24, 2.45) is 5.92 Å². The van der Waals surface area contributed by atoms with Crippen LogP contribution in [0.2, 0.25) is 0 Å². The third-order valence-electron chi connectivity index (χ3n) is 2.27. The van der Waals surface area contributed by atoms with E-state index in [-0.39, 0.29) is 12.3 Å². The van der Waals surface area contributed by atoms with E-state index in [1.807, 2.05) is 0 Å². The van der Waals surface area contributed by atoms with Gasteiger partial charge in [-0.3, -0.25) is 9.59 Å². The summed E-state index contributed by atoms with van der Waals surface area (Å²) >= 11 is 0. The van der Waals surface area contributed by atoms with Crippen LogP contribution in [-0.2, 0) is 9.59 Å². The van der Waals surface area contributed by atoms with Crippen LogP contribution in [0, 0.1) is 5.92 Å². The lowest BCUT2D eigenvalue weighted by Crippen LogP contribution is -2.43. The number of hydrogen-bond donors (Lipinski definition) is 3. The highest BCUT2D eigenvalue weighted by Crippen LogP contribution is 2.19. The molecule has 0 aromatic rings. The van der Waals surface area contributed by atoms with Gasteiger partial charge in [-0.05, 0) is 25.3 Å². The molecule has 0 amide bonds. The molecule has 5 nitrogen and oxygen atoms in total. The van der Waals surface area contributed by atoms with Crippen LogP contribution in [0.4, 0.5) is 0 Å². The smallest absolute Gasteiger partial charge is 0.320 e. The van der Waals surface area contributed by atoms with Gasteiger partial charge in [0.05, 0.1) is 0 Å². The minimum Gasteiger partial charge on any atom is -0.481 e. The first-order valence-electron chi connectivity index (χ1n) is 4.27. The molecule has 1 aliphatic rings. The van der Waals surface area contributed by atoms with Gasteiger partial charge in [-0.15, -0.1) is 0 Å². The second kappa shape index (κ2) is 4.23. The van der Waals surface area contributed by atoms with Crippen molar-refractivity contribution in [3.05, 3.63) is 0 Å². The molecule has 0 bridgehead atoms. The van der Waals surface area contributed by atoms with Crippen LogP contribution in [-0.4, -0.2) is 34.7 Å². The molecular weight excluding hydrogens is 174 g/mol. The highest BCUT2D eigenvalue weighted by molar-refractivity contribution is 5.74. The second-order valence-electron chi connectivity index (χ2n) is 3.33. The van der Waals surface area contributed by atoms with Crippen molar-refractivity contribution in [2.75, 3.05) is 6.54 Å². The van der Waals surface area contributed by atoms with Gasteiger partial charge in [0.25, 0.3) is 0 Å². The summed E-state index contributed by atoms with van der Waals surface area (Å²) in [6, 6.07) is -0.571. The van der Waals surface area contributed by atoms with Gasteiger partial charge in [-0.25, -0.2) is 0 Å². The average Bonchev–Trinajstić information content (AvgIpc) is 2.03. The van der Waals surface area contributed by atoms with E-state index in [9.17, 15) is 9.59 Å². The predicted molar refractivity (Wildman–Crippen MR) is 44.4 cm³/mol. The predicted octanol–water partition coefficient (Wildman–Crippen LogP) is -0.0861. The van der Waals surface area contributed by atoms with Crippen molar-refractivity contribution in [1.82, 2.24) is 5.32 Å². The van der Waals surface area contributed by atoms with Gasteiger partial charge in [0.1, 0.15) is 6.04 Å². The van der Waals surface area contributed by atoms with E-state index in [0.29, 0.717) is 13.0 Å². The Kier molecular flexibility index (Phi) is 3.25. The fraction of sp³-hybridized carbons (Fsp3) is 0.750. The zero-order chi connectivity index (χ0) is 9.84. The van der Waals surface area contributed by atoms with Crippen LogP contribution in [0.1, 0.15) is 19.3 Å². The van der Waals surface area contributed by atoms with Crippen LogP contribution in [0.5, 0.6) is 0 Å². The zero-order valence-electron chi connectivity index (χ0n) is 7.19. The molecule has 5 heteroatoms. The third kappa shape index (κ3) is 3.02. The molecule has 1 rings (SSSR count). The zero-order valence-corrected chi connectivity index (χ0v) is 7.19. The maximum Gasteiger partial charge on any atom is 0.320 e. The number of carboxylic acid groups (broad SMARTS) is 2. The standard InChI is InChI=1S/C8H13NO4/c10-7(11)4-5-1-2-9-6(3-5)8(12)13/h5-6,9H,1-4H2,(H,10,11)(H,12,13)/t5-,6-/m0/s1. The fourth-order valence-electron chi connectivity index (χ4n) is 1.62. The van der Waals surface area contributed by atoms with Gasteiger partial charge in [-0.1, -0.05) is 0 Å². The summed E-state index contributed by atoms with van der Waals surface area (Å²) in [5.41, 5.74) is 0. The number of aliphatic carboxylic acids is 2. The second-order valence-corrected chi connectivity index (χ2v) is 3.33. The van der Waals surface area contributed by atoms with Crippen molar-refractivity contribution in [2.45, 2.75) is 25.3 Å². The minimum absolute atomic E-state index is 0.000139. The summed E-state index contributed by atoms with van der Waals surface area (Å²) in [6.07, 6.45) is 1.24. The number of hydrogen-bond acceptors (Lipinski definition) is 3. The van der Waals surface area contributed by atoms with Gasteiger partial charge >= 0.3 is 11.9 Å². The van der Waals surface area contributed by atoms with Crippen molar-refractivity contribution in [1.29, 1.82) is 0 Å². The Labute approximate surface area is 75.7 Å². The topological polar surface area (TPSA) is 86.6 Å². The molecule has 0 aromatic carbocycles. The summed E-state index contributed by atoms with van der Waals surface area (Å²) in [5.74, 6) is -1.74. The summed E-state index contributed by atoms with van der Waals surface area (Å²) in [4.78, 5) is 21.0. The highest BCUT2D eigenvalue weighted by atomic mass is 16.4. The molecule has 0 unspecified atom stereocenters.